The van der Waals surface area contributed by atoms with E-state index in [4.69, 9.17) is 0 Å². The van der Waals surface area contributed by atoms with Crippen LogP contribution in [0, 0.1) is 0 Å². The van der Waals surface area contributed by atoms with Gasteiger partial charge in [-0.15, -0.1) is 0 Å². The molecule has 2 amide bonds. The smallest absolute Gasteiger partial charge is 0.261 e. The van der Waals surface area contributed by atoms with Crippen LogP contribution in [0.2, 0.25) is 0 Å². The minimum absolute atomic E-state index is 0.0121. The second-order valence-electron chi connectivity index (χ2n) is 5.96. The van der Waals surface area contributed by atoms with Gasteiger partial charge in [-0.1, -0.05) is 60.7 Å². The number of amides is 2. The fraction of sp³-hybridized carbons (Fsp3) is 0.263. The number of benzene rings is 2. The lowest BCUT2D eigenvalue weighted by Gasteiger charge is -2.31. The number of nitrogens with one attached hydrogen (secondary N) is 2. The van der Waals surface area contributed by atoms with E-state index >= 15 is 0 Å². The van der Waals surface area contributed by atoms with Crippen LogP contribution >= 0.6 is 0 Å². The molecule has 0 saturated carbocycles. The van der Waals surface area contributed by atoms with Crippen molar-refractivity contribution in [2.45, 2.75) is 24.5 Å². The molecule has 1 heterocycles. The van der Waals surface area contributed by atoms with E-state index in [1.807, 2.05) is 12.1 Å². The lowest BCUT2D eigenvalue weighted by Crippen LogP contribution is -2.54. The first kappa shape index (κ1) is 16.2. The molecule has 0 spiro atoms. The number of rotatable bonds is 4. The van der Waals surface area contributed by atoms with Gasteiger partial charge < -0.3 is 15.7 Å². The minimum atomic E-state index is -1.77. The fourth-order valence-corrected chi connectivity index (χ4v) is 2.93. The molecule has 2 aromatic rings. The normalized spacial score (nSPS) is 17.9. The molecule has 5 nitrogen and oxygen atoms in total. The number of carbonyl (C=O) groups is 2. The number of piperidine rings is 1. The topological polar surface area (TPSA) is 78.4 Å². The van der Waals surface area contributed by atoms with Crippen molar-refractivity contribution in [2.24, 2.45) is 0 Å². The van der Waals surface area contributed by atoms with Gasteiger partial charge in [-0.3, -0.25) is 9.59 Å². The first-order valence-corrected chi connectivity index (χ1v) is 8.02. The molecular formula is C19H20N2O3. The average Bonchev–Trinajstić information content (AvgIpc) is 2.64. The quantitative estimate of drug-likeness (QED) is 0.794. The summed E-state index contributed by atoms with van der Waals surface area (Å²) in [5, 5.41) is 16.9. The lowest BCUT2D eigenvalue weighted by atomic mass is 9.85. The van der Waals surface area contributed by atoms with Gasteiger partial charge in [-0.25, -0.2) is 0 Å². The molecule has 24 heavy (non-hydrogen) atoms. The summed E-state index contributed by atoms with van der Waals surface area (Å²) in [6.07, 6.45) is 0.942. The van der Waals surface area contributed by atoms with E-state index in [-0.39, 0.29) is 11.9 Å². The summed E-state index contributed by atoms with van der Waals surface area (Å²) in [6, 6.07) is 17.6. The highest BCUT2D eigenvalue weighted by Crippen LogP contribution is 2.30. The zero-order valence-electron chi connectivity index (χ0n) is 13.2. The third kappa shape index (κ3) is 3.16. The van der Waals surface area contributed by atoms with Crippen LogP contribution < -0.4 is 10.6 Å². The van der Waals surface area contributed by atoms with Gasteiger partial charge in [0.1, 0.15) is 0 Å². The highest BCUT2D eigenvalue weighted by molar-refractivity contribution is 5.90. The van der Waals surface area contributed by atoms with Gasteiger partial charge in [0.2, 0.25) is 5.91 Å². The van der Waals surface area contributed by atoms with E-state index < -0.39 is 11.5 Å². The van der Waals surface area contributed by atoms with Gasteiger partial charge in [0.15, 0.2) is 5.60 Å². The Morgan fingerprint density at radius 2 is 1.58 bits per heavy atom. The van der Waals surface area contributed by atoms with Crippen LogP contribution in [0.25, 0.3) is 0 Å². The molecule has 0 aliphatic carbocycles. The second kappa shape index (κ2) is 6.84. The van der Waals surface area contributed by atoms with Crippen molar-refractivity contribution >= 4 is 11.8 Å². The third-order valence-corrected chi connectivity index (χ3v) is 4.31. The van der Waals surface area contributed by atoms with Crippen LogP contribution in [0.4, 0.5) is 0 Å². The summed E-state index contributed by atoms with van der Waals surface area (Å²) in [5.41, 5.74) is -0.758. The standard InChI is InChI=1S/C19H20N2O3/c22-17-12-11-16(13-20-17)21-18(23)19(24,14-7-3-1-4-8-14)15-9-5-2-6-10-15/h1-10,16,24H,11-13H2,(H,20,22)(H,21,23). The Morgan fingerprint density at radius 1 is 1.04 bits per heavy atom. The Morgan fingerprint density at radius 3 is 2.04 bits per heavy atom. The Balaban J connectivity index is 1.90. The molecule has 3 N–H and O–H groups in total. The maximum absolute atomic E-state index is 12.9. The molecule has 0 bridgehead atoms. The molecule has 5 heteroatoms. The Hall–Kier alpha value is -2.66. The molecule has 1 saturated heterocycles. The van der Waals surface area contributed by atoms with Gasteiger partial charge in [0.25, 0.3) is 5.91 Å². The molecule has 0 aromatic heterocycles. The van der Waals surface area contributed by atoms with Crippen molar-refractivity contribution in [3.05, 3.63) is 71.8 Å². The Labute approximate surface area is 140 Å². The van der Waals surface area contributed by atoms with Crippen molar-refractivity contribution in [3.63, 3.8) is 0 Å². The van der Waals surface area contributed by atoms with E-state index in [9.17, 15) is 14.7 Å². The molecule has 1 aliphatic heterocycles. The van der Waals surface area contributed by atoms with E-state index in [0.717, 1.165) is 0 Å². The Kier molecular flexibility index (Phi) is 4.62. The summed E-state index contributed by atoms with van der Waals surface area (Å²) >= 11 is 0. The van der Waals surface area contributed by atoms with Gasteiger partial charge in [-0.2, -0.15) is 0 Å². The molecule has 1 fully saturated rings. The molecule has 3 rings (SSSR count). The SMILES string of the molecule is O=C1CCC(NC(=O)C(O)(c2ccccc2)c2ccccc2)CN1. The molecule has 1 atom stereocenters. The van der Waals surface area contributed by atoms with Crippen molar-refractivity contribution < 1.29 is 14.7 Å². The van der Waals surface area contributed by atoms with Crippen molar-refractivity contribution in [2.75, 3.05) is 6.54 Å². The molecule has 1 aliphatic rings. The zero-order chi connectivity index (χ0) is 17.0. The summed E-state index contributed by atoms with van der Waals surface area (Å²) < 4.78 is 0. The van der Waals surface area contributed by atoms with Crippen molar-refractivity contribution in [3.8, 4) is 0 Å². The van der Waals surface area contributed by atoms with Gasteiger partial charge >= 0.3 is 0 Å². The number of hydrogen-bond acceptors (Lipinski definition) is 3. The van der Waals surface area contributed by atoms with Crippen LogP contribution in [0.5, 0.6) is 0 Å². The molecule has 1 unspecified atom stereocenters. The third-order valence-electron chi connectivity index (χ3n) is 4.31. The fourth-order valence-electron chi connectivity index (χ4n) is 2.93. The van der Waals surface area contributed by atoms with Gasteiger partial charge in [0.05, 0.1) is 0 Å². The van der Waals surface area contributed by atoms with Crippen LogP contribution in [-0.4, -0.2) is 29.5 Å². The highest BCUT2D eigenvalue weighted by Gasteiger charge is 2.40. The summed E-state index contributed by atoms with van der Waals surface area (Å²) in [4.78, 5) is 24.2. The molecular weight excluding hydrogens is 304 g/mol. The number of hydrogen-bond donors (Lipinski definition) is 3. The highest BCUT2D eigenvalue weighted by atomic mass is 16.3. The van der Waals surface area contributed by atoms with Crippen LogP contribution in [0.15, 0.2) is 60.7 Å². The monoisotopic (exact) mass is 324 g/mol. The van der Waals surface area contributed by atoms with Crippen LogP contribution in [0.3, 0.4) is 0 Å². The Bertz CT molecular complexity index is 666. The lowest BCUT2D eigenvalue weighted by molar-refractivity contribution is -0.138. The van der Waals surface area contributed by atoms with E-state index in [1.165, 1.54) is 0 Å². The largest absolute Gasteiger partial charge is 0.372 e. The molecule has 124 valence electrons. The first-order valence-electron chi connectivity index (χ1n) is 8.02. The van der Waals surface area contributed by atoms with Gasteiger partial charge in [0, 0.05) is 19.0 Å². The van der Waals surface area contributed by atoms with E-state index in [1.54, 1.807) is 48.5 Å². The summed E-state index contributed by atoms with van der Waals surface area (Å²) in [6.45, 7) is 0.379. The van der Waals surface area contributed by atoms with E-state index in [0.29, 0.717) is 30.5 Å². The van der Waals surface area contributed by atoms with Crippen LogP contribution in [-0.2, 0) is 15.2 Å². The summed E-state index contributed by atoms with van der Waals surface area (Å²) in [5.74, 6) is -0.497. The second-order valence-corrected chi connectivity index (χ2v) is 5.96. The average molecular weight is 324 g/mol. The van der Waals surface area contributed by atoms with Crippen molar-refractivity contribution in [1.82, 2.24) is 10.6 Å². The maximum atomic E-state index is 12.9. The summed E-state index contributed by atoms with van der Waals surface area (Å²) in [7, 11) is 0. The predicted octanol–water partition coefficient (Wildman–Crippen LogP) is 1.32. The van der Waals surface area contributed by atoms with Crippen LogP contribution in [0.1, 0.15) is 24.0 Å². The molecule has 0 radical (unpaired) electrons. The van der Waals surface area contributed by atoms with E-state index in [2.05, 4.69) is 10.6 Å². The molecule has 2 aromatic carbocycles. The van der Waals surface area contributed by atoms with Crippen molar-refractivity contribution in [1.29, 1.82) is 0 Å². The number of aliphatic hydroxyl groups is 1. The number of carbonyl (C=O) groups excluding carboxylic acids is 2. The first-order chi connectivity index (χ1) is 11.6. The maximum Gasteiger partial charge on any atom is 0.261 e. The minimum Gasteiger partial charge on any atom is -0.372 e. The zero-order valence-corrected chi connectivity index (χ0v) is 13.2. The predicted molar refractivity (Wildman–Crippen MR) is 90.1 cm³/mol. The van der Waals surface area contributed by atoms with Gasteiger partial charge in [-0.05, 0) is 17.5 Å².